The van der Waals surface area contributed by atoms with Crippen molar-refractivity contribution in [3.8, 4) is 0 Å². The molecule has 1 aromatic carbocycles. The number of rotatable bonds is 6. The summed E-state index contributed by atoms with van der Waals surface area (Å²) in [5.41, 5.74) is 1.45. The van der Waals surface area contributed by atoms with E-state index in [2.05, 4.69) is 56.5 Å². The minimum Gasteiger partial charge on any atom is -0.103 e. The molecule has 15 heavy (non-hydrogen) atoms. The first kappa shape index (κ1) is 11.8. The summed E-state index contributed by atoms with van der Waals surface area (Å²) >= 11 is 0. The molecule has 0 heterocycles. The zero-order chi connectivity index (χ0) is 11.1. The van der Waals surface area contributed by atoms with Gasteiger partial charge in [-0.3, -0.25) is 0 Å². The van der Waals surface area contributed by atoms with Crippen LogP contribution in [0, 0.1) is 0 Å². The van der Waals surface area contributed by atoms with Crippen molar-refractivity contribution in [1.82, 2.24) is 0 Å². The molecule has 0 amide bonds. The van der Waals surface area contributed by atoms with Crippen molar-refractivity contribution in [3.63, 3.8) is 0 Å². The second-order valence-electron chi connectivity index (χ2n) is 4.17. The lowest BCUT2D eigenvalue weighted by atomic mass is 9.78. The van der Waals surface area contributed by atoms with Crippen molar-refractivity contribution in [1.29, 1.82) is 0 Å². The lowest BCUT2D eigenvalue weighted by Crippen LogP contribution is -2.18. The molecule has 0 radical (unpaired) electrons. The van der Waals surface area contributed by atoms with E-state index in [0.29, 0.717) is 0 Å². The Morgan fingerprint density at radius 1 is 1.20 bits per heavy atom. The van der Waals surface area contributed by atoms with Crippen molar-refractivity contribution < 1.29 is 0 Å². The summed E-state index contributed by atoms with van der Waals surface area (Å²) in [6.45, 7) is 9.96. The van der Waals surface area contributed by atoms with Gasteiger partial charge in [-0.15, -0.1) is 13.2 Å². The Morgan fingerprint density at radius 3 is 2.40 bits per heavy atom. The van der Waals surface area contributed by atoms with Crippen LogP contribution in [0.4, 0.5) is 0 Å². The summed E-state index contributed by atoms with van der Waals surface area (Å²) in [4.78, 5) is 0. The minimum atomic E-state index is 0.101. The molecule has 0 saturated carbocycles. The fourth-order valence-corrected chi connectivity index (χ4v) is 1.80. The molecule has 0 unspecified atom stereocenters. The van der Waals surface area contributed by atoms with Crippen molar-refractivity contribution in [2.45, 2.75) is 31.6 Å². The zero-order valence-electron chi connectivity index (χ0n) is 9.58. The van der Waals surface area contributed by atoms with E-state index in [9.17, 15) is 0 Å². The molecule has 0 aliphatic rings. The van der Waals surface area contributed by atoms with Gasteiger partial charge in [0.1, 0.15) is 0 Å². The highest BCUT2D eigenvalue weighted by molar-refractivity contribution is 5.28. The number of hydrogen-bond donors (Lipinski definition) is 0. The van der Waals surface area contributed by atoms with Crippen LogP contribution in [0.15, 0.2) is 55.6 Å². The second kappa shape index (κ2) is 5.55. The van der Waals surface area contributed by atoms with Crippen LogP contribution >= 0.6 is 0 Å². The van der Waals surface area contributed by atoms with Gasteiger partial charge in [-0.1, -0.05) is 49.4 Å². The summed E-state index contributed by atoms with van der Waals surface area (Å²) in [6, 6.07) is 10.6. The third-order valence-electron chi connectivity index (χ3n) is 2.99. The van der Waals surface area contributed by atoms with Crippen molar-refractivity contribution in [3.05, 3.63) is 61.2 Å². The van der Waals surface area contributed by atoms with Crippen LogP contribution in [0.1, 0.15) is 31.7 Å². The molecule has 1 atom stereocenters. The molecule has 80 valence electrons. The van der Waals surface area contributed by atoms with Crippen LogP contribution in [-0.4, -0.2) is 0 Å². The van der Waals surface area contributed by atoms with Gasteiger partial charge >= 0.3 is 0 Å². The predicted octanol–water partition coefficient (Wildman–Crippen LogP) is 4.49. The number of hydrogen-bond acceptors (Lipinski definition) is 0. The maximum atomic E-state index is 3.96. The van der Waals surface area contributed by atoms with Gasteiger partial charge in [0.15, 0.2) is 0 Å². The highest BCUT2D eigenvalue weighted by atomic mass is 14.2. The molecule has 1 rings (SSSR count). The SMILES string of the molecule is C=CCCC[C@@](C)(C=C)c1ccccc1. The van der Waals surface area contributed by atoms with Crippen LogP contribution in [0.3, 0.4) is 0 Å². The first-order valence-corrected chi connectivity index (χ1v) is 5.53. The molecular formula is C15H20. The largest absolute Gasteiger partial charge is 0.103 e. The topological polar surface area (TPSA) is 0 Å². The standard InChI is InChI=1S/C15H20/c1-4-6-10-13-15(3,5-2)14-11-8-7-9-12-14/h4-5,7-9,11-12H,1-2,6,10,13H2,3H3/t15-/m1/s1. The molecule has 0 heteroatoms. The average Bonchev–Trinajstić information content (AvgIpc) is 2.30. The molecule has 0 aliphatic heterocycles. The third-order valence-corrected chi connectivity index (χ3v) is 2.99. The second-order valence-corrected chi connectivity index (χ2v) is 4.17. The lowest BCUT2D eigenvalue weighted by Gasteiger charge is -2.26. The average molecular weight is 200 g/mol. The molecule has 0 saturated heterocycles. The molecule has 1 aromatic rings. The Kier molecular flexibility index (Phi) is 4.36. The Bertz CT molecular complexity index is 310. The fourth-order valence-electron chi connectivity index (χ4n) is 1.80. The van der Waals surface area contributed by atoms with Gasteiger partial charge in [-0.25, -0.2) is 0 Å². The molecule has 0 spiro atoms. The molecular weight excluding hydrogens is 180 g/mol. The maximum Gasteiger partial charge on any atom is 0.0101 e. The van der Waals surface area contributed by atoms with E-state index in [1.54, 1.807) is 0 Å². The summed E-state index contributed by atoms with van der Waals surface area (Å²) < 4.78 is 0. The number of unbranched alkanes of at least 4 members (excludes halogenated alkanes) is 1. The predicted molar refractivity (Wildman–Crippen MR) is 68.0 cm³/mol. The van der Waals surface area contributed by atoms with Crippen molar-refractivity contribution in [2.75, 3.05) is 0 Å². The summed E-state index contributed by atoms with van der Waals surface area (Å²) in [6.07, 6.45) is 7.42. The lowest BCUT2D eigenvalue weighted by molar-refractivity contribution is 0.519. The van der Waals surface area contributed by atoms with Crippen molar-refractivity contribution in [2.24, 2.45) is 0 Å². The normalized spacial score (nSPS) is 14.2. The molecule has 0 nitrogen and oxygen atoms in total. The summed E-state index contributed by atoms with van der Waals surface area (Å²) in [5.74, 6) is 0. The monoisotopic (exact) mass is 200 g/mol. The highest BCUT2D eigenvalue weighted by Crippen LogP contribution is 2.30. The van der Waals surface area contributed by atoms with E-state index in [-0.39, 0.29) is 5.41 Å². The third kappa shape index (κ3) is 3.09. The van der Waals surface area contributed by atoms with Gasteiger partial charge in [-0.05, 0) is 24.8 Å². The molecule has 0 aliphatic carbocycles. The molecule has 0 fully saturated rings. The van der Waals surface area contributed by atoms with Gasteiger partial charge in [0.05, 0.1) is 0 Å². The zero-order valence-corrected chi connectivity index (χ0v) is 9.58. The van der Waals surface area contributed by atoms with Crippen LogP contribution in [0.5, 0.6) is 0 Å². The van der Waals surface area contributed by atoms with Gasteiger partial charge in [0, 0.05) is 5.41 Å². The first-order valence-electron chi connectivity index (χ1n) is 5.53. The van der Waals surface area contributed by atoms with E-state index in [4.69, 9.17) is 0 Å². The molecule has 0 aromatic heterocycles. The van der Waals surface area contributed by atoms with E-state index in [1.807, 2.05) is 6.08 Å². The Morgan fingerprint density at radius 2 is 1.87 bits per heavy atom. The quantitative estimate of drug-likeness (QED) is 0.469. The molecule has 0 bridgehead atoms. The first-order chi connectivity index (χ1) is 7.23. The number of allylic oxidation sites excluding steroid dienone is 2. The van der Waals surface area contributed by atoms with Crippen LogP contribution in [0.25, 0.3) is 0 Å². The molecule has 0 N–H and O–H groups in total. The van der Waals surface area contributed by atoms with Crippen LogP contribution < -0.4 is 0 Å². The van der Waals surface area contributed by atoms with Crippen molar-refractivity contribution >= 4 is 0 Å². The minimum absolute atomic E-state index is 0.101. The number of benzene rings is 1. The maximum absolute atomic E-state index is 3.96. The fraction of sp³-hybridized carbons (Fsp3) is 0.333. The van der Waals surface area contributed by atoms with Gasteiger partial charge in [0.2, 0.25) is 0 Å². The Balaban J connectivity index is 2.76. The Labute approximate surface area is 93.3 Å². The van der Waals surface area contributed by atoms with Gasteiger partial charge < -0.3 is 0 Å². The highest BCUT2D eigenvalue weighted by Gasteiger charge is 2.21. The summed E-state index contributed by atoms with van der Waals surface area (Å²) in [7, 11) is 0. The smallest absolute Gasteiger partial charge is 0.0101 e. The Hall–Kier alpha value is -1.30. The van der Waals surface area contributed by atoms with E-state index < -0.39 is 0 Å². The van der Waals surface area contributed by atoms with Crippen LogP contribution in [0.2, 0.25) is 0 Å². The van der Waals surface area contributed by atoms with Gasteiger partial charge in [-0.2, -0.15) is 0 Å². The van der Waals surface area contributed by atoms with Gasteiger partial charge in [0.25, 0.3) is 0 Å². The van der Waals surface area contributed by atoms with E-state index >= 15 is 0 Å². The van der Waals surface area contributed by atoms with E-state index in [0.717, 1.165) is 12.8 Å². The summed E-state index contributed by atoms with van der Waals surface area (Å²) in [5, 5.41) is 0. The van der Waals surface area contributed by atoms with E-state index in [1.165, 1.54) is 12.0 Å². The van der Waals surface area contributed by atoms with Crippen LogP contribution in [-0.2, 0) is 5.41 Å².